The molecule has 11 nitrogen and oxygen atoms in total. The summed E-state index contributed by atoms with van der Waals surface area (Å²) in [5.74, 6) is -5.08. The Balaban J connectivity index is 0.000000638. The molecular formula is C23H20F4N4O7. The van der Waals surface area contributed by atoms with Gasteiger partial charge in [-0.1, -0.05) is 0 Å². The molecule has 38 heavy (non-hydrogen) atoms. The third-order valence-corrected chi connectivity index (χ3v) is 4.53. The number of aliphatic carboxylic acids is 2. The fourth-order valence-electron chi connectivity index (χ4n) is 2.80. The molecule has 0 bridgehead atoms. The number of urea groups is 1. The average Bonchev–Trinajstić information content (AvgIpc) is 2.83. The van der Waals surface area contributed by atoms with Crippen molar-refractivity contribution < 1.29 is 52.1 Å². The zero-order valence-electron chi connectivity index (χ0n) is 19.2. The van der Waals surface area contributed by atoms with Crippen molar-refractivity contribution in [1.29, 1.82) is 0 Å². The summed E-state index contributed by atoms with van der Waals surface area (Å²) in [5, 5.41) is 34.7. The topological polar surface area (TPSA) is 178 Å². The van der Waals surface area contributed by atoms with Crippen molar-refractivity contribution >= 4 is 46.0 Å². The van der Waals surface area contributed by atoms with Gasteiger partial charge in [0.2, 0.25) is 0 Å². The maximum atomic E-state index is 12.9. The van der Waals surface area contributed by atoms with E-state index in [1.807, 2.05) is 0 Å². The van der Waals surface area contributed by atoms with Crippen LogP contribution in [0.5, 0.6) is 5.75 Å². The number of hydrogen-bond donors (Lipinski definition) is 6. The first-order chi connectivity index (χ1) is 17.8. The number of fused-ring (bicyclic) bond motifs is 1. The van der Waals surface area contributed by atoms with Crippen LogP contribution in [0.15, 0.2) is 48.7 Å². The van der Waals surface area contributed by atoms with Crippen LogP contribution in [0.25, 0.3) is 10.8 Å². The van der Waals surface area contributed by atoms with Crippen LogP contribution in [0.2, 0.25) is 0 Å². The molecule has 0 spiro atoms. The largest absolute Gasteiger partial charge is 0.505 e. The van der Waals surface area contributed by atoms with Crippen molar-refractivity contribution in [2.45, 2.75) is 19.0 Å². The van der Waals surface area contributed by atoms with Crippen molar-refractivity contribution in [2.24, 2.45) is 0 Å². The number of halogens is 4. The van der Waals surface area contributed by atoms with Crippen molar-refractivity contribution in [3.05, 3.63) is 60.2 Å². The Labute approximate surface area is 211 Å². The van der Waals surface area contributed by atoms with Gasteiger partial charge in [0.1, 0.15) is 5.82 Å². The Hall–Kier alpha value is -4.95. The fourth-order valence-corrected chi connectivity index (χ4v) is 2.80. The van der Waals surface area contributed by atoms with Gasteiger partial charge < -0.3 is 31.3 Å². The second-order valence-electron chi connectivity index (χ2n) is 7.40. The van der Waals surface area contributed by atoms with Crippen LogP contribution in [-0.2, 0) is 9.59 Å². The molecule has 15 heteroatoms. The van der Waals surface area contributed by atoms with E-state index in [1.54, 1.807) is 12.1 Å². The van der Waals surface area contributed by atoms with E-state index in [0.29, 0.717) is 22.1 Å². The molecule has 0 aliphatic heterocycles. The van der Waals surface area contributed by atoms with Crippen molar-refractivity contribution in [2.75, 3.05) is 17.2 Å². The number of carbonyl (C=O) groups excluding carboxylic acids is 2. The van der Waals surface area contributed by atoms with Gasteiger partial charge in [0.05, 0.1) is 0 Å². The number of nitrogens with one attached hydrogen (secondary N) is 3. The number of alkyl halides is 3. The summed E-state index contributed by atoms with van der Waals surface area (Å²) in [4.78, 5) is 47.7. The smallest absolute Gasteiger partial charge is 0.490 e. The van der Waals surface area contributed by atoms with Gasteiger partial charge in [-0.15, -0.1) is 0 Å². The van der Waals surface area contributed by atoms with Crippen LogP contribution in [-0.4, -0.2) is 56.9 Å². The van der Waals surface area contributed by atoms with E-state index in [1.165, 1.54) is 36.5 Å². The van der Waals surface area contributed by atoms with Gasteiger partial charge in [-0.2, -0.15) is 13.2 Å². The molecule has 1 heterocycles. The van der Waals surface area contributed by atoms with E-state index in [2.05, 4.69) is 20.9 Å². The molecule has 3 aromatic rings. The van der Waals surface area contributed by atoms with Crippen LogP contribution in [0.4, 0.5) is 33.7 Å². The number of carbonyl (C=O) groups is 4. The number of carboxylic acid groups (broad SMARTS) is 2. The molecule has 0 atom stereocenters. The van der Waals surface area contributed by atoms with Crippen molar-refractivity contribution in [1.82, 2.24) is 10.3 Å². The summed E-state index contributed by atoms with van der Waals surface area (Å²) < 4.78 is 44.7. The van der Waals surface area contributed by atoms with E-state index in [0.717, 1.165) is 0 Å². The first-order valence-electron chi connectivity index (χ1n) is 10.5. The van der Waals surface area contributed by atoms with E-state index >= 15 is 0 Å². The van der Waals surface area contributed by atoms with Crippen LogP contribution in [0.1, 0.15) is 23.3 Å². The number of amides is 3. The van der Waals surface area contributed by atoms with Gasteiger partial charge in [0.25, 0.3) is 5.91 Å². The number of benzene rings is 2. The van der Waals surface area contributed by atoms with Crippen LogP contribution >= 0.6 is 0 Å². The molecule has 3 amide bonds. The first kappa shape index (κ1) is 29.3. The third-order valence-electron chi connectivity index (χ3n) is 4.53. The van der Waals surface area contributed by atoms with Gasteiger partial charge in [-0.3, -0.25) is 9.59 Å². The highest BCUT2D eigenvalue weighted by Crippen LogP contribution is 2.29. The van der Waals surface area contributed by atoms with Crippen LogP contribution in [0, 0.1) is 5.82 Å². The number of carboxylic acids is 2. The number of aromatic hydroxyl groups is 1. The normalized spacial score (nSPS) is 10.6. The van der Waals surface area contributed by atoms with E-state index < -0.39 is 35.9 Å². The maximum Gasteiger partial charge on any atom is 0.490 e. The summed E-state index contributed by atoms with van der Waals surface area (Å²) in [6, 6.07) is 9.39. The molecule has 1 aromatic heterocycles. The number of nitrogens with zero attached hydrogens (tertiary/aromatic N) is 1. The van der Waals surface area contributed by atoms with Gasteiger partial charge in [-0.05, 0) is 48.9 Å². The minimum atomic E-state index is -5.08. The molecule has 202 valence electrons. The van der Waals surface area contributed by atoms with Gasteiger partial charge in [-0.25, -0.2) is 19.0 Å². The van der Waals surface area contributed by atoms with Crippen LogP contribution < -0.4 is 16.0 Å². The number of hydrogen-bond acceptors (Lipinski definition) is 6. The second kappa shape index (κ2) is 12.8. The monoisotopic (exact) mass is 540 g/mol. The summed E-state index contributed by atoms with van der Waals surface area (Å²) in [5.41, 5.74) is 0.648. The third kappa shape index (κ3) is 8.92. The highest BCUT2D eigenvalue weighted by molar-refractivity contribution is 6.04. The summed E-state index contributed by atoms with van der Waals surface area (Å²) in [6.45, 7) is 0.135. The Bertz CT molecular complexity index is 1330. The highest BCUT2D eigenvalue weighted by Gasteiger charge is 2.38. The Morgan fingerprint density at radius 3 is 2.08 bits per heavy atom. The summed E-state index contributed by atoms with van der Waals surface area (Å²) in [7, 11) is 0. The fraction of sp³-hybridized carbons (Fsp3) is 0.174. The number of pyridine rings is 1. The lowest BCUT2D eigenvalue weighted by Crippen LogP contribution is -2.25. The quantitative estimate of drug-likeness (QED) is 0.193. The minimum absolute atomic E-state index is 0.0814. The van der Waals surface area contributed by atoms with Gasteiger partial charge in [0.15, 0.2) is 11.4 Å². The number of anilines is 2. The molecule has 3 rings (SSSR count). The molecule has 0 saturated heterocycles. The average molecular weight is 540 g/mol. The molecule has 6 N–H and O–H groups in total. The number of rotatable bonds is 7. The molecule has 2 aromatic carbocycles. The standard InChI is InChI=1S/C21H19FN4O5.C2HF3O2/c22-13-3-5-14(6-4-13)25-21(31)26-15-7-8-16-12(10-15)11-24-18(19(16)29)20(30)23-9-1-2-17(27)28;3-2(4,5)1(6)7/h3-8,10-11,29H,1-2,9H2,(H,23,30)(H,27,28)(H2,25,26,31);(H,6,7). The second-order valence-corrected chi connectivity index (χ2v) is 7.40. The van der Waals surface area contributed by atoms with E-state index in [-0.39, 0.29) is 30.8 Å². The van der Waals surface area contributed by atoms with E-state index in [9.17, 15) is 37.1 Å². The molecule has 0 saturated carbocycles. The summed E-state index contributed by atoms with van der Waals surface area (Å²) >= 11 is 0. The molecule has 0 aliphatic carbocycles. The highest BCUT2D eigenvalue weighted by atomic mass is 19.4. The molecule has 0 unspecified atom stereocenters. The first-order valence-corrected chi connectivity index (χ1v) is 10.5. The van der Waals surface area contributed by atoms with E-state index in [4.69, 9.17) is 15.0 Å². The molecule has 0 radical (unpaired) electrons. The lowest BCUT2D eigenvalue weighted by Gasteiger charge is -2.11. The van der Waals surface area contributed by atoms with Crippen molar-refractivity contribution in [3.63, 3.8) is 0 Å². The zero-order chi connectivity index (χ0) is 28.5. The Morgan fingerprint density at radius 1 is 0.921 bits per heavy atom. The molecule has 0 fully saturated rings. The zero-order valence-corrected chi connectivity index (χ0v) is 19.2. The summed E-state index contributed by atoms with van der Waals surface area (Å²) in [6.07, 6.45) is -3.53. The maximum absolute atomic E-state index is 12.9. The predicted octanol–water partition coefficient (Wildman–Crippen LogP) is 3.95. The number of aromatic nitrogens is 1. The SMILES string of the molecule is O=C(O)C(F)(F)F.O=C(O)CCCNC(=O)c1ncc2cc(NC(=O)Nc3ccc(F)cc3)ccc2c1O. The minimum Gasteiger partial charge on any atom is -0.505 e. The predicted molar refractivity (Wildman–Crippen MR) is 125 cm³/mol. The van der Waals surface area contributed by atoms with Crippen molar-refractivity contribution in [3.8, 4) is 5.75 Å². The molecule has 0 aliphatic rings. The Morgan fingerprint density at radius 2 is 1.50 bits per heavy atom. The van der Waals surface area contributed by atoms with Gasteiger partial charge in [0, 0.05) is 41.3 Å². The Kier molecular flexibility index (Phi) is 9.90. The van der Waals surface area contributed by atoms with Gasteiger partial charge >= 0.3 is 24.1 Å². The lowest BCUT2D eigenvalue weighted by atomic mass is 10.1. The lowest BCUT2D eigenvalue weighted by molar-refractivity contribution is -0.192. The van der Waals surface area contributed by atoms with Crippen LogP contribution in [0.3, 0.4) is 0 Å². The molecular weight excluding hydrogens is 520 g/mol.